The molecule has 1 unspecified atom stereocenters. The summed E-state index contributed by atoms with van der Waals surface area (Å²) in [5, 5.41) is 0. The Bertz CT molecular complexity index is 47.0. The van der Waals surface area contributed by atoms with E-state index in [0.29, 0.717) is 0 Å². The lowest BCUT2D eigenvalue weighted by molar-refractivity contribution is 0.509. The van der Waals surface area contributed by atoms with Gasteiger partial charge >= 0.3 is 0 Å². The summed E-state index contributed by atoms with van der Waals surface area (Å²) >= 11 is 2.51. The molecule has 0 amide bonds. The number of hydrogen-bond acceptors (Lipinski definition) is 1. The lowest BCUT2D eigenvalue weighted by Crippen LogP contribution is -2.26. The fraction of sp³-hybridized carbons (Fsp3) is 1.00. The van der Waals surface area contributed by atoms with Gasteiger partial charge in [-0.05, 0) is 12.5 Å². The molecule has 0 aliphatic rings. The summed E-state index contributed by atoms with van der Waals surface area (Å²) in [6, 6.07) is 0.860. The average Bonchev–Trinajstić information content (AvgIpc) is 1.65. The van der Waals surface area contributed by atoms with Crippen LogP contribution in [0.15, 0.2) is 0 Å². The van der Waals surface area contributed by atoms with E-state index < -0.39 is 0 Å². The summed E-state index contributed by atoms with van der Waals surface area (Å²) in [5.41, 5.74) is 0. The summed E-state index contributed by atoms with van der Waals surface area (Å²) in [4.78, 5) is 0. The zero-order chi connectivity index (χ0) is 5.86. The van der Waals surface area contributed by atoms with Crippen molar-refractivity contribution < 1.29 is 0 Å². The predicted octanol–water partition coefficient (Wildman–Crippen LogP) is -0.817. The molecule has 0 rings (SSSR count). The van der Waals surface area contributed by atoms with Crippen LogP contribution in [0.3, 0.4) is 0 Å². The van der Waals surface area contributed by atoms with Gasteiger partial charge in [0.2, 0.25) is 0 Å². The summed E-state index contributed by atoms with van der Waals surface area (Å²) in [5.74, 6) is 0. The molecule has 0 N–H and O–H groups in total. The normalized spacial score (nSPS) is 14.7. The third-order valence-electron chi connectivity index (χ3n) is 1.47. The van der Waals surface area contributed by atoms with E-state index >= 15 is 0 Å². The molecule has 40 valence electrons. The quantitative estimate of drug-likeness (QED) is 0.440. The first-order valence-corrected chi connectivity index (χ1v) is 4.63. The average molecular weight is 129 g/mol. The minimum atomic E-state index is 0.860. The van der Waals surface area contributed by atoms with Crippen LogP contribution in [0.2, 0.25) is 0 Å². The van der Waals surface area contributed by atoms with Crippen molar-refractivity contribution in [2.75, 3.05) is 0 Å². The van der Waals surface area contributed by atoms with E-state index in [4.69, 9.17) is 0 Å². The van der Waals surface area contributed by atoms with Crippen molar-refractivity contribution in [2.45, 2.75) is 26.3 Å². The first-order chi connectivity index (χ1) is 3.18. The Morgan fingerprint density at radius 2 is 2.00 bits per heavy atom. The summed E-state index contributed by atoms with van der Waals surface area (Å²) < 4.78 is 2.50. The second-order valence-electron chi connectivity index (χ2n) is 2.22. The van der Waals surface area contributed by atoms with E-state index in [-0.39, 0.29) is 0 Å². The van der Waals surface area contributed by atoms with Crippen LogP contribution in [0.1, 0.15) is 20.3 Å². The molecule has 1 nitrogen and oxygen atoms in total. The molecule has 0 aromatic heterocycles. The summed E-state index contributed by atoms with van der Waals surface area (Å²) in [6.07, 6.45) is 1.31. The van der Waals surface area contributed by atoms with Crippen LogP contribution in [0, 0.1) is 0 Å². The van der Waals surface area contributed by atoms with Gasteiger partial charge in [0, 0.05) is 0 Å². The topological polar surface area (TPSA) is 3.24 Å². The molecule has 0 aliphatic carbocycles. The molecule has 0 radical (unpaired) electrons. The molecular weight excluding hydrogens is 116 g/mol. The van der Waals surface area contributed by atoms with Crippen molar-refractivity contribution in [1.29, 1.82) is 0 Å². The van der Waals surface area contributed by atoms with Gasteiger partial charge in [-0.25, -0.2) is 0 Å². The van der Waals surface area contributed by atoms with Gasteiger partial charge in [-0.2, -0.15) is 0 Å². The molecule has 0 heterocycles. The van der Waals surface area contributed by atoms with Gasteiger partial charge in [-0.3, -0.25) is 0 Å². The van der Waals surface area contributed by atoms with Crippen molar-refractivity contribution in [3.63, 3.8) is 0 Å². The van der Waals surface area contributed by atoms with Crippen LogP contribution < -0.4 is 0 Å². The second kappa shape index (κ2) is 3.96. The van der Waals surface area contributed by atoms with E-state index in [2.05, 4.69) is 16.7 Å². The Morgan fingerprint density at radius 1 is 1.57 bits per heavy atom. The first-order valence-electron chi connectivity index (χ1n) is 2.85. The maximum Gasteiger partial charge on any atom is 0.299 e. The van der Waals surface area contributed by atoms with Gasteiger partial charge in [0.15, 0.2) is 0 Å². The minimum Gasteiger partial charge on any atom is -0.480 e. The Kier molecular flexibility index (Phi) is 4.54. The summed E-state index contributed by atoms with van der Waals surface area (Å²) in [7, 11) is 0. The molecular formula is C4H13Al2N. The molecule has 0 aromatic carbocycles. The number of rotatable bonds is 2. The molecule has 0 spiro atoms. The van der Waals surface area contributed by atoms with Gasteiger partial charge in [0.05, 0.1) is 0 Å². The summed E-state index contributed by atoms with van der Waals surface area (Å²) in [6.45, 7) is 4.54. The lowest BCUT2D eigenvalue weighted by atomic mass is 10.3. The maximum absolute atomic E-state index is 2.50. The molecule has 1 atom stereocenters. The van der Waals surface area contributed by atoms with Crippen molar-refractivity contribution in [2.24, 2.45) is 0 Å². The smallest absolute Gasteiger partial charge is 0.299 e. The van der Waals surface area contributed by atoms with E-state index in [1.54, 1.807) is 0 Å². The Balaban J connectivity index is 3.14. The molecule has 0 saturated heterocycles. The van der Waals surface area contributed by atoms with E-state index in [1.807, 2.05) is 0 Å². The highest BCUT2D eigenvalue weighted by Crippen LogP contribution is 1.92. The highest BCUT2D eigenvalue weighted by Gasteiger charge is 1.95. The van der Waals surface area contributed by atoms with Gasteiger partial charge in [0.25, 0.3) is 33.0 Å². The molecule has 0 bridgehead atoms. The highest BCUT2D eigenvalue weighted by atomic mass is 27.1. The second-order valence-corrected chi connectivity index (χ2v) is 6.83. The van der Waals surface area contributed by atoms with Crippen LogP contribution in [-0.2, 0) is 0 Å². The third-order valence-corrected chi connectivity index (χ3v) is 3.24. The Labute approximate surface area is 62.4 Å². The fourth-order valence-electron chi connectivity index (χ4n) is 0.365. The van der Waals surface area contributed by atoms with Crippen LogP contribution in [-0.4, -0.2) is 41.9 Å². The molecule has 0 aliphatic heterocycles. The van der Waals surface area contributed by atoms with Crippen LogP contribution in [0.5, 0.6) is 0 Å². The molecule has 7 heavy (non-hydrogen) atoms. The van der Waals surface area contributed by atoms with Gasteiger partial charge in [-0.15, -0.1) is 0 Å². The van der Waals surface area contributed by atoms with Crippen molar-refractivity contribution >= 4 is 33.0 Å². The highest BCUT2D eigenvalue weighted by molar-refractivity contribution is 6.25. The SMILES string of the molecule is CCC(C)[N]([AlH2])[AlH2]. The van der Waals surface area contributed by atoms with Crippen LogP contribution >= 0.6 is 0 Å². The van der Waals surface area contributed by atoms with Crippen molar-refractivity contribution in [3.05, 3.63) is 0 Å². The van der Waals surface area contributed by atoms with Gasteiger partial charge < -0.3 is 2.87 Å². The molecule has 0 fully saturated rings. The van der Waals surface area contributed by atoms with Crippen molar-refractivity contribution in [3.8, 4) is 0 Å². The largest absolute Gasteiger partial charge is 0.480 e. The molecule has 0 aromatic rings. The van der Waals surface area contributed by atoms with Crippen LogP contribution in [0.4, 0.5) is 0 Å². The predicted molar refractivity (Wildman–Crippen MR) is 38.7 cm³/mol. The molecule has 3 heteroatoms. The third kappa shape index (κ3) is 3.59. The van der Waals surface area contributed by atoms with Crippen LogP contribution in [0.25, 0.3) is 0 Å². The van der Waals surface area contributed by atoms with E-state index in [1.165, 1.54) is 39.4 Å². The first kappa shape index (κ1) is 8.02. The Morgan fingerprint density at radius 3 is 2.00 bits per heavy atom. The Hall–Kier alpha value is 1.02. The number of nitrogens with zero attached hydrogens (tertiary/aromatic N) is 1. The zero-order valence-corrected chi connectivity index (χ0v) is 9.73. The van der Waals surface area contributed by atoms with Gasteiger partial charge in [0.1, 0.15) is 0 Å². The van der Waals surface area contributed by atoms with Gasteiger partial charge in [-0.1, -0.05) is 13.8 Å². The maximum atomic E-state index is 2.50. The zero-order valence-electron chi connectivity index (χ0n) is 5.73. The standard InChI is InChI=1S/C4H9N.2Al.4H/c1-3-4(2)5;;;;;;/h4H,3H2,1-2H3;;;;;;. The monoisotopic (exact) mass is 129 g/mol. The number of hydrogen-bond donors (Lipinski definition) is 0. The minimum absolute atomic E-state index is 0.860. The molecule has 0 saturated carbocycles. The van der Waals surface area contributed by atoms with Crippen molar-refractivity contribution in [1.82, 2.24) is 2.87 Å². The van der Waals surface area contributed by atoms with E-state index in [0.717, 1.165) is 6.04 Å². The fourth-order valence-corrected chi connectivity index (χ4v) is 1.10. The lowest BCUT2D eigenvalue weighted by Gasteiger charge is -2.19. The van der Waals surface area contributed by atoms with E-state index in [9.17, 15) is 0 Å².